The van der Waals surface area contributed by atoms with Crippen LogP contribution in [0.2, 0.25) is 0 Å². The van der Waals surface area contributed by atoms with Gasteiger partial charge >= 0.3 is 0 Å². The number of rotatable bonds is 6. The molecule has 1 aromatic carbocycles. The Morgan fingerprint density at radius 2 is 1.81 bits per heavy atom. The third-order valence-corrected chi connectivity index (χ3v) is 4.43. The molecule has 1 saturated carbocycles. The molecule has 0 saturated heterocycles. The van der Waals surface area contributed by atoms with Crippen molar-refractivity contribution in [1.82, 2.24) is 5.32 Å². The highest BCUT2D eigenvalue weighted by Gasteiger charge is 2.36. The molecule has 1 N–H and O–H groups in total. The summed E-state index contributed by atoms with van der Waals surface area (Å²) in [5.74, 6) is 4.28. The average molecular weight is 283 g/mol. The summed E-state index contributed by atoms with van der Waals surface area (Å²) in [7, 11) is 0. The molecule has 2 nitrogen and oxygen atoms in total. The van der Waals surface area contributed by atoms with Gasteiger partial charge in [-0.15, -0.1) is 0 Å². The Morgan fingerprint density at radius 3 is 2.43 bits per heavy atom. The molecule has 1 aliphatic rings. The molecular formula is C19H25NO. The monoisotopic (exact) mass is 283 g/mol. The second-order valence-electron chi connectivity index (χ2n) is 6.62. The van der Waals surface area contributed by atoms with Gasteiger partial charge in [0.15, 0.2) is 0 Å². The van der Waals surface area contributed by atoms with E-state index in [0.717, 1.165) is 24.8 Å². The van der Waals surface area contributed by atoms with Crippen molar-refractivity contribution >= 4 is 0 Å². The van der Waals surface area contributed by atoms with E-state index in [2.05, 4.69) is 62.5 Å². The Morgan fingerprint density at radius 1 is 1.10 bits per heavy atom. The van der Waals surface area contributed by atoms with Crippen LogP contribution in [0.1, 0.15) is 61.7 Å². The lowest BCUT2D eigenvalue weighted by atomic mass is 10.0. The predicted octanol–water partition coefficient (Wildman–Crippen LogP) is 4.82. The van der Waals surface area contributed by atoms with E-state index >= 15 is 0 Å². The zero-order valence-corrected chi connectivity index (χ0v) is 13.2. The summed E-state index contributed by atoms with van der Waals surface area (Å²) >= 11 is 0. The van der Waals surface area contributed by atoms with E-state index in [4.69, 9.17) is 4.42 Å². The van der Waals surface area contributed by atoms with Crippen molar-refractivity contribution in [3.05, 3.63) is 59.0 Å². The van der Waals surface area contributed by atoms with Crippen molar-refractivity contribution in [2.45, 2.75) is 52.1 Å². The molecule has 2 heteroatoms. The second-order valence-corrected chi connectivity index (χ2v) is 6.62. The third kappa shape index (κ3) is 3.56. The lowest BCUT2D eigenvalue weighted by Gasteiger charge is -2.07. The molecule has 1 aliphatic carbocycles. The molecule has 3 rings (SSSR count). The van der Waals surface area contributed by atoms with E-state index in [1.54, 1.807) is 0 Å². The van der Waals surface area contributed by atoms with Crippen LogP contribution in [0.5, 0.6) is 0 Å². The topological polar surface area (TPSA) is 25.2 Å². The SMILES string of the molecule is CC(C)c1ccc(CNCc2ccc([C@H]3C[C@@H]3C)o2)cc1. The first-order valence-electron chi connectivity index (χ1n) is 8.01. The Hall–Kier alpha value is -1.54. The minimum atomic E-state index is 0.596. The molecule has 1 fully saturated rings. The van der Waals surface area contributed by atoms with E-state index < -0.39 is 0 Å². The molecule has 0 unspecified atom stereocenters. The molecule has 112 valence electrons. The van der Waals surface area contributed by atoms with Gasteiger partial charge < -0.3 is 9.73 Å². The largest absolute Gasteiger partial charge is 0.464 e. The Balaban J connectivity index is 1.48. The van der Waals surface area contributed by atoms with Crippen LogP contribution in [-0.2, 0) is 13.1 Å². The predicted molar refractivity (Wildman–Crippen MR) is 86.3 cm³/mol. The fourth-order valence-electron chi connectivity index (χ4n) is 2.76. The molecular weight excluding hydrogens is 258 g/mol. The van der Waals surface area contributed by atoms with E-state index in [0.29, 0.717) is 11.8 Å². The van der Waals surface area contributed by atoms with Crippen molar-refractivity contribution in [2.75, 3.05) is 0 Å². The summed E-state index contributed by atoms with van der Waals surface area (Å²) < 4.78 is 5.90. The Kier molecular flexibility index (Phi) is 4.16. The van der Waals surface area contributed by atoms with Crippen LogP contribution in [-0.4, -0.2) is 0 Å². The van der Waals surface area contributed by atoms with E-state index in [1.165, 1.54) is 23.3 Å². The molecule has 2 aromatic rings. The number of hydrogen-bond acceptors (Lipinski definition) is 2. The van der Waals surface area contributed by atoms with Crippen LogP contribution >= 0.6 is 0 Å². The summed E-state index contributed by atoms with van der Waals surface area (Å²) in [6.07, 6.45) is 1.28. The molecule has 1 heterocycles. The van der Waals surface area contributed by atoms with Gasteiger partial charge in [-0.2, -0.15) is 0 Å². The first kappa shape index (κ1) is 14.4. The van der Waals surface area contributed by atoms with Gasteiger partial charge in [0, 0.05) is 12.5 Å². The summed E-state index contributed by atoms with van der Waals surface area (Å²) in [6, 6.07) is 13.1. The van der Waals surface area contributed by atoms with Crippen molar-refractivity contribution < 1.29 is 4.42 Å². The molecule has 0 spiro atoms. The quantitative estimate of drug-likeness (QED) is 0.822. The molecule has 21 heavy (non-hydrogen) atoms. The normalized spacial score (nSPS) is 21.0. The van der Waals surface area contributed by atoms with Gasteiger partial charge in [0.25, 0.3) is 0 Å². The van der Waals surface area contributed by atoms with E-state index in [-0.39, 0.29) is 0 Å². The van der Waals surface area contributed by atoms with Gasteiger partial charge in [0.05, 0.1) is 6.54 Å². The molecule has 0 bridgehead atoms. The van der Waals surface area contributed by atoms with Crippen LogP contribution in [0.3, 0.4) is 0 Å². The molecule has 0 amide bonds. The van der Waals surface area contributed by atoms with Gasteiger partial charge in [-0.05, 0) is 41.5 Å². The number of benzene rings is 1. The highest BCUT2D eigenvalue weighted by Crippen LogP contribution is 2.47. The molecule has 0 radical (unpaired) electrons. The summed E-state index contributed by atoms with van der Waals surface area (Å²) in [4.78, 5) is 0. The summed E-state index contributed by atoms with van der Waals surface area (Å²) in [5, 5.41) is 3.46. The molecule has 1 aromatic heterocycles. The van der Waals surface area contributed by atoms with E-state index in [9.17, 15) is 0 Å². The Bertz CT molecular complexity index is 582. The van der Waals surface area contributed by atoms with Gasteiger partial charge in [-0.1, -0.05) is 45.0 Å². The lowest BCUT2D eigenvalue weighted by Crippen LogP contribution is -2.12. The Labute approximate surface area is 127 Å². The first-order valence-corrected chi connectivity index (χ1v) is 8.01. The summed E-state index contributed by atoms with van der Waals surface area (Å²) in [5.41, 5.74) is 2.72. The molecule has 0 aliphatic heterocycles. The van der Waals surface area contributed by atoms with Crippen LogP contribution in [0.4, 0.5) is 0 Å². The van der Waals surface area contributed by atoms with Gasteiger partial charge in [0.2, 0.25) is 0 Å². The fourth-order valence-corrected chi connectivity index (χ4v) is 2.76. The minimum absolute atomic E-state index is 0.596. The van der Waals surface area contributed by atoms with Crippen LogP contribution in [0.25, 0.3) is 0 Å². The fraction of sp³-hybridized carbons (Fsp3) is 0.474. The van der Waals surface area contributed by atoms with Crippen molar-refractivity contribution in [3.63, 3.8) is 0 Å². The maximum absolute atomic E-state index is 5.90. The van der Waals surface area contributed by atoms with Crippen molar-refractivity contribution in [2.24, 2.45) is 5.92 Å². The first-order chi connectivity index (χ1) is 10.1. The zero-order chi connectivity index (χ0) is 14.8. The van der Waals surface area contributed by atoms with Gasteiger partial charge in [-0.3, -0.25) is 0 Å². The zero-order valence-electron chi connectivity index (χ0n) is 13.2. The maximum Gasteiger partial charge on any atom is 0.117 e. The number of hydrogen-bond donors (Lipinski definition) is 1. The van der Waals surface area contributed by atoms with Gasteiger partial charge in [-0.25, -0.2) is 0 Å². The highest BCUT2D eigenvalue weighted by molar-refractivity contribution is 5.24. The molecule has 2 atom stereocenters. The minimum Gasteiger partial charge on any atom is -0.464 e. The van der Waals surface area contributed by atoms with E-state index in [1.807, 2.05) is 0 Å². The van der Waals surface area contributed by atoms with Crippen LogP contribution in [0.15, 0.2) is 40.8 Å². The number of furan rings is 1. The highest BCUT2D eigenvalue weighted by atomic mass is 16.3. The van der Waals surface area contributed by atoms with Crippen LogP contribution in [0, 0.1) is 5.92 Å². The smallest absolute Gasteiger partial charge is 0.117 e. The van der Waals surface area contributed by atoms with Crippen molar-refractivity contribution in [1.29, 1.82) is 0 Å². The maximum atomic E-state index is 5.90. The van der Waals surface area contributed by atoms with Gasteiger partial charge in [0.1, 0.15) is 11.5 Å². The average Bonchev–Trinajstić information content (AvgIpc) is 3.01. The standard InChI is InChI=1S/C19H25NO/c1-13(2)16-6-4-15(5-7-16)11-20-12-17-8-9-19(21-17)18-10-14(18)3/h4-9,13-14,18,20H,10-12H2,1-3H3/t14-,18-/m0/s1. The van der Waals surface area contributed by atoms with Crippen LogP contribution < -0.4 is 5.32 Å². The second kappa shape index (κ2) is 6.07. The van der Waals surface area contributed by atoms with Crippen molar-refractivity contribution in [3.8, 4) is 0 Å². The third-order valence-electron chi connectivity index (χ3n) is 4.43. The lowest BCUT2D eigenvalue weighted by molar-refractivity contribution is 0.444. The summed E-state index contributed by atoms with van der Waals surface area (Å²) in [6.45, 7) is 8.41. The number of nitrogens with one attached hydrogen (secondary N) is 1.